The summed E-state index contributed by atoms with van der Waals surface area (Å²) in [5.74, 6) is -3.02. The van der Waals surface area contributed by atoms with E-state index < -0.39 is 87.9 Å². The number of ether oxygens (including phenoxy) is 6. The summed E-state index contributed by atoms with van der Waals surface area (Å²) in [5.41, 5.74) is -2.68. The van der Waals surface area contributed by atoms with Crippen LogP contribution in [0.4, 0.5) is 0 Å². The Morgan fingerprint density at radius 3 is 2.27 bits per heavy atom. The second-order valence-corrected chi connectivity index (χ2v) is 15.4. The van der Waals surface area contributed by atoms with Crippen LogP contribution in [0, 0.1) is 34.0 Å². The maximum atomic E-state index is 13.2. The standard InChI is InChI=1S/C40H54O11/c1-23-21-33(49-26(4)42)38(8)32(40(23,45)19-16-29-13-10-11-14-30(29)46-9)17-18-37(7)31-15-12-20-47-22-39(31,24(2)48-25(3)41)36(51-28(6)44)34(35(37)38)50-27(5)43/h10-15,21,24,31-36,45H,16-20,22H2,1-9H3/t24?,31?,32?,33-,34?,35?,36+,37+,38-,39-,40+/m1/s1. The average Bonchev–Trinajstić information content (AvgIpc) is 3.28. The van der Waals surface area contributed by atoms with Crippen molar-refractivity contribution in [1.29, 1.82) is 0 Å². The van der Waals surface area contributed by atoms with Gasteiger partial charge in [-0.15, -0.1) is 0 Å². The molecule has 0 spiro atoms. The largest absolute Gasteiger partial charge is 0.496 e. The van der Waals surface area contributed by atoms with Crippen LogP contribution in [0.1, 0.15) is 80.2 Å². The molecule has 51 heavy (non-hydrogen) atoms. The lowest BCUT2D eigenvalue weighted by Crippen LogP contribution is -2.76. The highest BCUT2D eigenvalue weighted by Crippen LogP contribution is 2.72. The number of aliphatic hydroxyl groups is 1. The number of allylic oxidation sites excluding steroid dienone is 1. The third-order valence-corrected chi connectivity index (χ3v) is 12.7. The molecule has 2 saturated carbocycles. The highest BCUT2D eigenvalue weighted by molar-refractivity contribution is 5.68. The van der Waals surface area contributed by atoms with Gasteiger partial charge in [-0.2, -0.15) is 0 Å². The molecular formula is C40H54O11. The van der Waals surface area contributed by atoms with Crippen LogP contribution in [0.2, 0.25) is 0 Å². The molecular weight excluding hydrogens is 656 g/mol. The highest BCUT2D eigenvalue weighted by atomic mass is 16.6. The van der Waals surface area contributed by atoms with Crippen molar-refractivity contribution in [3.63, 3.8) is 0 Å². The Labute approximate surface area is 301 Å². The van der Waals surface area contributed by atoms with E-state index in [9.17, 15) is 24.3 Å². The monoisotopic (exact) mass is 710 g/mol. The number of fused-ring (bicyclic) bond motifs is 5. The summed E-state index contributed by atoms with van der Waals surface area (Å²) in [6.45, 7) is 13.4. The van der Waals surface area contributed by atoms with Gasteiger partial charge >= 0.3 is 23.9 Å². The lowest BCUT2D eigenvalue weighted by Gasteiger charge is -2.71. The normalized spacial score (nSPS) is 37.6. The molecule has 5 rings (SSSR count). The van der Waals surface area contributed by atoms with Crippen LogP contribution in [0.5, 0.6) is 5.75 Å². The van der Waals surface area contributed by atoms with Gasteiger partial charge in [-0.05, 0) is 74.1 Å². The van der Waals surface area contributed by atoms with Crippen molar-refractivity contribution in [1.82, 2.24) is 0 Å². The molecule has 0 aromatic heterocycles. The number of hydrogen-bond donors (Lipinski definition) is 1. The lowest BCUT2D eigenvalue weighted by atomic mass is 9.35. The zero-order valence-electron chi connectivity index (χ0n) is 31.4. The second kappa shape index (κ2) is 14.4. The number of rotatable bonds is 9. The van der Waals surface area contributed by atoms with Gasteiger partial charge in [-0.25, -0.2) is 0 Å². The zero-order valence-corrected chi connectivity index (χ0v) is 31.4. The van der Waals surface area contributed by atoms with Crippen LogP contribution >= 0.6 is 0 Å². The molecule has 5 unspecified atom stereocenters. The highest BCUT2D eigenvalue weighted by Gasteiger charge is 2.76. The average molecular weight is 711 g/mol. The van der Waals surface area contributed by atoms with Crippen molar-refractivity contribution in [2.24, 2.45) is 34.0 Å². The Hall–Kier alpha value is -3.70. The molecule has 0 saturated heterocycles. The van der Waals surface area contributed by atoms with Gasteiger partial charge in [-0.3, -0.25) is 19.2 Å². The Kier molecular flexibility index (Phi) is 10.9. The van der Waals surface area contributed by atoms with E-state index >= 15 is 0 Å². The molecule has 11 heteroatoms. The Morgan fingerprint density at radius 2 is 1.65 bits per heavy atom. The van der Waals surface area contributed by atoms with Gasteiger partial charge in [0.25, 0.3) is 0 Å². The molecule has 11 atom stereocenters. The SMILES string of the molecule is COc1ccccc1CC[C@]1(O)C(C)=C[C@@H](OC(C)=O)[C@]2(C)C3C(OC(C)=O)[C@H](OC(C)=O)[C@@]4(C(C)OC(C)=O)COCC=CC4[C@]3(C)CCC21. The van der Waals surface area contributed by atoms with Crippen LogP contribution in [0.3, 0.4) is 0 Å². The van der Waals surface area contributed by atoms with E-state index in [1.165, 1.54) is 27.7 Å². The van der Waals surface area contributed by atoms with Crippen molar-refractivity contribution in [3.8, 4) is 5.75 Å². The van der Waals surface area contributed by atoms with Gasteiger partial charge in [0, 0.05) is 44.9 Å². The van der Waals surface area contributed by atoms with Crippen molar-refractivity contribution in [2.75, 3.05) is 20.3 Å². The number of para-hydroxylation sites is 1. The first kappa shape index (κ1) is 38.5. The molecule has 3 aliphatic carbocycles. The van der Waals surface area contributed by atoms with Crippen LogP contribution < -0.4 is 4.74 Å². The minimum absolute atomic E-state index is 0.0481. The summed E-state index contributed by atoms with van der Waals surface area (Å²) in [6, 6.07) is 7.71. The first-order chi connectivity index (χ1) is 24.0. The van der Waals surface area contributed by atoms with E-state index in [-0.39, 0.29) is 13.2 Å². The summed E-state index contributed by atoms with van der Waals surface area (Å²) >= 11 is 0. The molecule has 0 bridgehead atoms. The van der Waals surface area contributed by atoms with E-state index in [2.05, 4.69) is 13.0 Å². The summed E-state index contributed by atoms with van der Waals surface area (Å²) in [4.78, 5) is 51.6. The number of aryl methyl sites for hydroxylation is 1. The number of benzene rings is 1. The van der Waals surface area contributed by atoms with Gasteiger partial charge in [0.15, 0.2) is 6.10 Å². The number of carbonyl (C=O) groups excluding carboxylic acids is 4. The van der Waals surface area contributed by atoms with Crippen molar-refractivity contribution in [2.45, 2.75) is 111 Å². The molecule has 4 aliphatic rings. The number of methoxy groups -OCH3 is 1. The fraction of sp³-hybridized carbons (Fsp3) is 0.650. The number of esters is 4. The number of carbonyl (C=O) groups is 4. The zero-order chi connectivity index (χ0) is 37.5. The van der Waals surface area contributed by atoms with Gasteiger partial charge in [0.2, 0.25) is 0 Å². The van der Waals surface area contributed by atoms with E-state index in [0.717, 1.165) is 11.3 Å². The molecule has 280 valence electrons. The molecule has 1 aromatic carbocycles. The topological polar surface area (TPSA) is 144 Å². The van der Waals surface area contributed by atoms with Gasteiger partial charge in [0.1, 0.15) is 24.1 Å². The second-order valence-electron chi connectivity index (χ2n) is 15.4. The summed E-state index contributed by atoms with van der Waals surface area (Å²) < 4.78 is 36.5. The van der Waals surface area contributed by atoms with Crippen LogP contribution in [0.25, 0.3) is 0 Å². The molecule has 11 nitrogen and oxygen atoms in total. The van der Waals surface area contributed by atoms with Crippen molar-refractivity contribution >= 4 is 23.9 Å². The Bertz CT molecular complexity index is 1580. The van der Waals surface area contributed by atoms with E-state index in [1.807, 2.05) is 50.3 Å². The van der Waals surface area contributed by atoms with Crippen LogP contribution in [-0.4, -0.2) is 79.3 Å². The van der Waals surface area contributed by atoms with Crippen LogP contribution in [0.15, 0.2) is 48.1 Å². The first-order valence-corrected chi connectivity index (χ1v) is 17.9. The molecule has 0 radical (unpaired) electrons. The molecule has 1 aromatic rings. The minimum atomic E-state index is -1.35. The van der Waals surface area contributed by atoms with Crippen molar-refractivity contribution < 1.29 is 52.7 Å². The molecule has 1 aliphatic heterocycles. The van der Waals surface area contributed by atoms with E-state index in [4.69, 9.17) is 28.4 Å². The fourth-order valence-corrected chi connectivity index (χ4v) is 10.8. The van der Waals surface area contributed by atoms with Crippen LogP contribution in [-0.2, 0) is 49.3 Å². The summed E-state index contributed by atoms with van der Waals surface area (Å²) in [7, 11) is 1.62. The lowest BCUT2D eigenvalue weighted by molar-refractivity contribution is -0.304. The van der Waals surface area contributed by atoms with Gasteiger partial charge in [0.05, 0.1) is 31.3 Å². The first-order valence-electron chi connectivity index (χ1n) is 17.9. The van der Waals surface area contributed by atoms with Gasteiger partial charge in [-0.1, -0.05) is 44.2 Å². The predicted molar refractivity (Wildman–Crippen MR) is 186 cm³/mol. The Morgan fingerprint density at radius 1 is 0.980 bits per heavy atom. The fourth-order valence-electron chi connectivity index (χ4n) is 10.8. The summed E-state index contributed by atoms with van der Waals surface area (Å²) in [6.07, 6.45) is 3.88. The maximum Gasteiger partial charge on any atom is 0.303 e. The molecule has 0 amide bonds. The third-order valence-electron chi connectivity index (χ3n) is 12.7. The molecule has 1 N–H and O–H groups in total. The summed E-state index contributed by atoms with van der Waals surface area (Å²) in [5, 5.41) is 13.0. The minimum Gasteiger partial charge on any atom is -0.496 e. The quantitative estimate of drug-likeness (QED) is 0.202. The predicted octanol–water partition coefficient (Wildman–Crippen LogP) is 5.31. The van der Waals surface area contributed by atoms with E-state index in [1.54, 1.807) is 14.0 Å². The molecule has 1 heterocycles. The smallest absolute Gasteiger partial charge is 0.303 e. The van der Waals surface area contributed by atoms with Gasteiger partial charge < -0.3 is 33.5 Å². The Balaban J connectivity index is 1.77. The van der Waals surface area contributed by atoms with E-state index in [0.29, 0.717) is 31.3 Å². The maximum absolute atomic E-state index is 13.2. The molecule has 2 fully saturated rings. The number of hydrogen-bond acceptors (Lipinski definition) is 11. The van der Waals surface area contributed by atoms with Crippen molar-refractivity contribution in [3.05, 3.63) is 53.6 Å². The third kappa shape index (κ3) is 6.49.